The molecule has 0 bridgehead atoms. The second-order valence-corrected chi connectivity index (χ2v) is 30.8. The zero-order valence-electron chi connectivity index (χ0n) is 64.2. The highest BCUT2D eigenvalue weighted by Crippen LogP contribution is 2.45. The summed E-state index contributed by atoms with van der Waals surface area (Å²) >= 11 is 0. The number of phenolic OH excluding ortho intramolecular Hbond substituents is 4. The molecule has 4 N–H and O–H groups in total. The van der Waals surface area contributed by atoms with E-state index in [1.54, 1.807) is 0 Å². The Hall–Kier alpha value is -7.04. The summed E-state index contributed by atoms with van der Waals surface area (Å²) in [7, 11) is 0. The first-order valence-corrected chi connectivity index (χ1v) is 40.1. The van der Waals surface area contributed by atoms with E-state index in [0.717, 1.165) is 95.9 Å². The fourth-order valence-corrected chi connectivity index (χ4v) is 15.2. The maximum atomic E-state index is 12.1. The SMILES string of the molecule is CCCCCCCCCc1cc(Cc2cc(CCCCCCCCC)cc(C(C)(C)c3ccccc3)c2O)c(O)c(C(C)(C)c2ccccc2)c1.CCCCCCCCCc1cc(Cc2cc(CCCCCCCCC)cc(C(C)c3ccccc3)c2O)c(O)c(C(C)c2ccccc2)c1. The second-order valence-electron chi connectivity index (χ2n) is 30.8. The summed E-state index contributed by atoms with van der Waals surface area (Å²) < 4.78 is 0. The van der Waals surface area contributed by atoms with E-state index in [0.29, 0.717) is 35.8 Å². The lowest BCUT2D eigenvalue weighted by Gasteiger charge is -2.30. The van der Waals surface area contributed by atoms with Crippen LogP contribution >= 0.6 is 0 Å². The molecule has 0 aliphatic heterocycles. The van der Waals surface area contributed by atoms with Gasteiger partial charge in [-0.2, -0.15) is 0 Å². The molecule has 4 nitrogen and oxygen atoms in total. The molecule has 0 spiro atoms. The summed E-state index contributed by atoms with van der Waals surface area (Å²) in [5.41, 5.74) is 16.7. The Balaban J connectivity index is 0.000000281. The van der Waals surface area contributed by atoms with Crippen LogP contribution in [0.1, 0.15) is 350 Å². The van der Waals surface area contributed by atoms with Crippen LogP contribution in [0.2, 0.25) is 0 Å². The Morgan fingerprint density at radius 3 is 0.770 bits per heavy atom. The van der Waals surface area contributed by atoms with E-state index in [4.69, 9.17) is 0 Å². The molecule has 2 atom stereocenters. The minimum absolute atomic E-state index is 0.0693. The van der Waals surface area contributed by atoms with E-state index in [-0.39, 0.29) is 22.7 Å². The van der Waals surface area contributed by atoms with Crippen molar-refractivity contribution in [3.8, 4) is 23.0 Å². The summed E-state index contributed by atoms with van der Waals surface area (Å²) in [6, 6.07) is 60.0. The standard InChI is InChI=1S/C49H68O2.C47H64O2/c1-7-9-11-13-15-17-21-27-38-33-40(46(50)44(35-38)48(3,4)42-29-23-19-24-30-42)37-41-34-39(28-22-18-16-14-12-10-8-2)36-45(47(41)51)49(5,6)43-31-25-20-26-32-43;1-5-7-9-11-13-15-19-25-38-31-42(46(48)44(33-38)36(3)40-27-21-17-22-28-40)35-43-32-39(26-20-16-14-12-10-8-6-2)34-45(47(43)49)37(4)41-29-23-18-24-30-41/h19-20,23-26,29-36,50-51H,7-18,21-22,27-28,37H2,1-6H3;17-18,21-24,27-34,36-37,48-49H,5-16,19-20,25-26,35H2,1-4H3. The molecule has 0 radical (unpaired) electrons. The first kappa shape index (κ1) is 80.3. The highest BCUT2D eigenvalue weighted by molar-refractivity contribution is 5.58. The van der Waals surface area contributed by atoms with Gasteiger partial charge in [-0.25, -0.2) is 0 Å². The van der Waals surface area contributed by atoms with Gasteiger partial charge in [0.15, 0.2) is 0 Å². The summed E-state index contributed by atoms with van der Waals surface area (Å²) in [5.74, 6) is 1.59. The molecule has 0 aromatic heterocycles. The molecule has 4 heteroatoms. The molecule has 8 rings (SSSR count). The number of benzene rings is 8. The first-order chi connectivity index (χ1) is 48.5. The van der Waals surface area contributed by atoms with Gasteiger partial charge in [-0.15, -0.1) is 0 Å². The minimum Gasteiger partial charge on any atom is -0.507 e. The molecule has 8 aromatic rings. The average Bonchev–Trinajstić information content (AvgIpc) is 0.776. The van der Waals surface area contributed by atoms with Gasteiger partial charge in [-0.3, -0.25) is 0 Å². The monoisotopic (exact) mass is 1350 g/mol. The highest BCUT2D eigenvalue weighted by Gasteiger charge is 2.31. The predicted molar refractivity (Wildman–Crippen MR) is 430 cm³/mol. The Bertz CT molecular complexity index is 3350. The van der Waals surface area contributed by atoms with Gasteiger partial charge in [0, 0.05) is 57.8 Å². The Morgan fingerprint density at radius 1 is 0.270 bits per heavy atom. The van der Waals surface area contributed by atoms with Crippen molar-refractivity contribution in [2.75, 3.05) is 0 Å². The van der Waals surface area contributed by atoms with Crippen molar-refractivity contribution in [3.63, 3.8) is 0 Å². The van der Waals surface area contributed by atoms with Crippen molar-refractivity contribution < 1.29 is 20.4 Å². The van der Waals surface area contributed by atoms with Gasteiger partial charge in [-0.1, -0.05) is 393 Å². The molecule has 0 fully saturated rings. The van der Waals surface area contributed by atoms with E-state index in [2.05, 4.69) is 239 Å². The maximum Gasteiger partial charge on any atom is 0.123 e. The molecular formula is C96H132O4. The molecule has 0 aliphatic carbocycles. The quantitative estimate of drug-likeness (QED) is 0.0287. The Morgan fingerprint density at radius 2 is 0.500 bits per heavy atom. The minimum atomic E-state index is -0.377. The number of unbranched alkanes of at least 4 members (excludes halogenated alkanes) is 24. The fraction of sp³-hybridized carbons (Fsp3) is 0.500. The molecule has 0 amide bonds. The van der Waals surface area contributed by atoms with Crippen LogP contribution in [0.4, 0.5) is 0 Å². The number of hydrogen-bond donors (Lipinski definition) is 4. The topological polar surface area (TPSA) is 80.9 Å². The summed E-state index contributed by atoms with van der Waals surface area (Å²) in [6.45, 7) is 22.4. The first-order valence-electron chi connectivity index (χ1n) is 40.1. The van der Waals surface area contributed by atoms with Crippen LogP contribution in [0.25, 0.3) is 0 Å². The number of rotatable bonds is 44. The van der Waals surface area contributed by atoms with Crippen molar-refractivity contribution in [3.05, 3.63) is 259 Å². The van der Waals surface area contributed by atoms with Crippen LogP contribution in [0, 0.1) is 0 Å². The predicted octanol–water partition coefficient (Wildman–Crippen LogP) is 27.5. The van der Waals surface area contributed by atoms with Crippen LogP contribution < -0.4 is 0 Å². The second kappa shape index (κ2) is 43.0. The van der Waals surface area contributed by atoms with Crippen molar-refractivity contribution in [2.45, 2.75) is 310 Å². The third-order valence-electron chi connectivity index (χ3n) is 22.0. The van der Waals surface area contributed by atoms with Crippen molar-refractivity contribution in [1.82, 2.24) is 0 Å². The zero-order valence-corrected chi connectivity index (χ0v) is 64.2. The van der Waals surface area contributed by atoms with Crippen molar-refractivity contribution in [1.29, 1.82) is 0 Å². The average molecular weight is 1350 g/mol. The third kappa shape index (κ3) is 24.6. The third-order valence-corrected chi connectivity index (χ3v) is 22.0. The van der Waals surface area contributed by atoms with Gasteiger partial charge in [0.2, 0.25) is 0 Å². The van der Waals surface area contributed by atoms with Gasteiger partial charge >= 0.3 is 0 Å². The largest absolute Gasteiger partial charge is 0.507 e. The number of hydrogen-bond acceptors (Lipinski definition) is 4. The molecular weight excluding hydrogens is 1220 g/mol. The van der Waals surface area contributed by atoms with Crippen LogP contribution in [-0.4, -0.2) is 20.4 Å². The lowest BCUT2D eigenvalue weighted by molar-refractivity contribution is 0.440. The van der Waals surface area contributed by atoms with Crippen LogP contribution in [0.3, 0.4) is 0 Å². The number of phenols is 4. The molecule has 8 aromatic carbocycles. The lowest BCUT2D eigenvalue weighted by Crippen LogP contribution is -2.20. The van der Waals surface area contributed by atoms with E-state index < -0.39 is 0 Å². The molecule has 0 aliphatic rings. The van der Waals surface area contributed by atoms with Crippen molar-refractivity contribution >= 4 is 0 Å². The van der Waals surface area contributed by atoms with Crippen molar-refractivity contribution in [2.24, 2.45) is 0 Å². The van der Waals surface area contributed by atoms with Crippen LogP contribution in [0.15, 0.2) is 170 Å². The molecule has 540 valence electrons. The van der Waals surface area contributed by atoms with Crippen LogP contribution in [0.5, 0.6) is 23.0 Å². The Kier molecular flexibility index (Phi) is 34.5. The summed E-state index contributed by atoms with van der Waals surface area (Å²) in [5, 5.41) is 48.0. The zero-order chi connectivity index (χ0) is 71.5. The lowest BCUT2D eigenvalue weighted by atomic mass is 9.75. The summed E-state index contributed by atoms with van der Waals surface area (Å²) in [6.07, 6.45) is 40.8. The summed E-state index contributed by atoms with van der Waals surface area (Å²) in [4.78, 5) is 0. The van der Waals surface area contributed by atoms with Gasteiger partial charge < -0.3 is 20.4 Å². The van der Waals surface area contributed by atoms with Gasteiger partial charge in [0.05, 0.1) is 0 Å². The molecule has 0 saturated carbocycles. The fourth-order valence-electron chi connectivity index (χ4n) is 15.2. The molecule has 2 unspecified atom stereocenters. The normalized spacial score (nSPS) is 12.3. The van der Waals surface area contributed by atoms with Crippen LogP contribution in [-0.2, 0) is 49.4 Å². The molecule has 0 heterocycles. The Labute approximate surface area is 609 Å². The van der Waals surface area contributed by atoms with E-state index in [1.165, 1.54) is 199 Å². The van der Waals surface area contributed by atoms with E-state index >= 15 is 0 Å². The van der Waals surface area contributed by atoms with E-state index in [9.17, 15) is 20.4 Å². The highest BCUT2D eigenvalue weighted by atomic mass is 16.3. The van der Waals surface area contributed by atoms with Gasteiger partial charge in [0.25, 0.3) is 0 Å². The maximum absolute atomic E-state index is 12.1. The van der Waals surface area contributed by atoms with E-state index in [1.807, 2.05) is 0 Å². The number of aryl methyl sites for hydroxylation is 4. The molecule has 0 saturated heterocycles. The molecule has 100 heavy (non-hydrogen) atoms. The van der Waals surface area contributed by atoms with Gasteiger partial charge in [-0.05, 0) is 118 Å². The smallest absolute Gasteiger partial charge is 0.123 e. The van der Waals surface area contributed by atoms with Gasteiger partial charge in [0.1, 0.15) is 23.0 Å². The number of aromatic hydroxyl groups is 4.